The summed E-state index contributed by atoms with van der Waals surface area (Å²) in [4.78, 5) is 0. The molecular weight excluding hydrogens is 124 g/mol. The van der Waals surface area contributed by atoms with Crippen LogP contribution < -0.4 is 0 Å². The largest absolute Gasteiger partial charge is 0.276 e. The highest BCUT2D eigenvalue weighted by Gasteiger charge is 1.92. The van der Waals surface area contributed by atoms with E-state index in [1.807, 2.05) is 17.9 Å². The fraction of sp³-hybridized carbons (Fsp3) is 0.625. The van der Waals surface area contributed by atoms with Gasteiger partial charge in [0.05, 0.1) is 6.20 Å². The van der Waals surface area contributed by atoms with Gasteiger partial charge in [-0.25, -0.2) is 0 Å². The van der Waals surface area contributed by atoms with Crippen LogP contribution in [0.25, 0.3) is 0 Å². The first-order chi connectivity index (χ1) is 4.83. The Morgan fingerprint density at radius 2 is 2.40 bits per heavy atom. The first-order valence-electron chi connectivity index (χ1n) is 3.80. The van der Waals surface area contributed by atoms with Crippen LogP contribution in [0.3, 0.4) is 0 Å². The molecule has 2 heteroatoms. The van der Waals surface area contributed by atoms with Crippen molar-refractivity contribution in [2.45, 2.75) is 26.2 Å². The predicted molar refractivity (Wildman–Crippen MR) is 41.8 cm³/mol. The van der Waals surface area contributed by atoms with Gasteiger partial charge in [0.15, 0.2) is 0 Å². The van der Waals surface area contributed by atoms with Crippen LogP contribution >= 0.6 is 0 Å². The van der Waals surface area contributed by atoms with Gasteiger partial charge in [0, 0.05) is 13.2 Å². The third-order valence-corrected chi connectivity index (χ3v) is 1.58. The van der Waals surface area contributed by atoms with E-state index in [2.05, 4.69) is 18.2 Å². The minimum Gasteiger partial charge on any atom is -0.276 e. The molecule has 1 rings (SSSR count). The van der Waals surface area contributed by atoms with Crippen LogP contribution in [0.2, 0.25) is 0 Å². The number of unbranched alkanes of at least 4 members (excludes halogenated alkanes) is 1. The van der Waals surface area contributed by atoms with E-state index in [0.29, 0.717) is 0 Å². The smallest absolute Gasteiger partial charge is 0.0521 e. The van der Waals surface area contributed by atoms with Gasteiger partial charge in [-0.05, 0) is 18.4 Å². The Morgan fingerprint density at radius 3 is 2.90 bits per heavy atom. The molecular formula is C8H14N2. The van der Waals surface area contributed by atoms with Crippen LogP contribution in [0.5, 0.6) is 0 Å². The highest BCUT2D eigenvalue weighted by Crippen LogP contribution is 2.01. The molecule has 1 aromatic rings. The molecule has 0 N–H and O–H groups in total. The first-order valence-corrected chi connectivity index (χ1v) is 3.80. The molecule has 0 bridgehead atoms. The Bertz CT molecular complexity index is 191. The molecule has 0 radical (unpaired) electrons. The lowest BCUT2D eigenvalue weighted by Crippen LogP contribution is -1.85. The van der Waals surface area contributed by atoms with E-state index in [9.17, 15) is 0 Å². The van der Waals surface area contributed by atoms with Crippen molar-refractivity contribution in [1.29, 1.82) is 0 Å². The molecule has 0 unspecified atom stereocenters. The Kier molecular flexibility index (Phi) is 2.49. The summed E-state index contributed by atoms with van der Waals surface area (Å²) < 4.78 is 1.85. The van der Waals surface area contributed by atoms with Crippen LogP contribution in [0.1, 0.15) is 25.3 Å². The van der Waals surface area contributed by atoms with Crippen LogP contribution in [0, 0.1) is 0 Å². The van der Waals surface area contributed by atoms with Gasteiger partial charge in [-0.15, -0.1) is 0 Å². The summed E-state index contributed by atoms with van der Waals surface area (Å²) in [5.41, 5.74) is 1.35. The van der Waals surface area contributed by atoms with E-state index in [-0.39, 0.29) is 0 Å². The summed E-state index contributed by atoms with van der Waals surface area (Å²) in [6.45, 7) is 2.20. The lowest BCUT2D eigenvalue weighted by molar-refractivity contribution is 0.763. The van der Waals surface area contributed by atoms with E-state index in [1.54, 1.807) is 0 Å². The van der Waals surface area contributed by atoms with Crippen molar-refractivity contribution < 1.29 is 0 Å². The summed E-state index contributed by atoms with van der Waals surface area (Å²) in [5, 5.41) is 4.09. The van der Waals surface area contributed by atoms with Gasteiger partial charge in [0.1, 0.15) is 0 Å². The molecule has 2 nitrogen and oxygen atoms in total. The lowest BCUT2D eigenvalue weighted by atomic mass is 10.2. The molecule has 0 aliphatic heterocycles. The van der Waals surface area contributed by atoms with Gasteiger partial charge in [0.25, 0.3) is 0 Å². The van der Waals surface area contributed by atoms with Crippen molar-refractivity contribution in [1.82, 2.24) is 9.78 Å². The normalized spacial score (nSPS) is 10.2. The number of rotatable bonds is 3. The Morgan fingerprint density at radius 1 is 1.60 bits per heavy atom. The van der Waals surface area contributed by atoms with Gasteiger partial charge >= 0.3 is 0 Å². The number of aromatic nitrogens is 2. The van der Waals surface area contributed by atoms with E-state index >= 15 is 0 Å². The SMILES string of the molecule is CCCCc1cnn(C)c1. The molecule has 1 heterocycles. The summed E-state index contributed by atoms with van der Waals surface area (Å²) in [6, 6.07) is 0. The minimum absolute atomic E-state index is 1.17. The summed E-state index contributed by atoms with van der Waals surface area (Å²) in [5.74, 6) is 0. The molecule has 0 atom stereocenters. The topological polar surface area (TPSA) is 17.8 Å². The van der Waals surface area contributed by atoms with Crippen molar-refractivity contribution in [3.8, 4) is 0 Å². The van der Waals surface area contributed by atoms with E-state index < -0.39 is 0 Å². The molecule has 0 aromatic carbocycles. The third-order valence-electron chi connectivity index (χ3n) is 1.58. The maximum absolute atomic E-state index is 4.09. The maximum Gasteiger partial charge on any atom is 0.0521 e. The van der Waals surface area contributed by atoms with Gasteiger partial charge in [-0.3, -0.25) is 4.68 Å². The Labute approximate surface area is 61.9 Å². The van der Waals surface area contributed by atoms with Crippen molar-refractivity contribution in [2.24, 2.45) is 7.05 Å². The molecule has 0 spiro atoms. The van der Waals surface area contributed by atoms with Crippen molar-refractivity contribution >= 4 is 0 Å². The quantitative estimate of drug-likeness (QED) is 0.622. The molecule has 0 aliphatic carbocycles. The van der Waals surface area contributed by atoms with Gasteiger partial charge in [0.2, 0.25) is 0 Å². The standard InChI is InChI=1S/C8H14N2/c1-3-4-5-8-6-9-10(2)7-8/h6-7H,3-5H2,1-2H3. The average Bonchev–Trinajstić information content (AvgIpc) is 2.31. The van der Waals surface area contributed by atoms with Crippen LogP contribution in [0.4, 0.5) is 0 Å². The molecule has 0 aliphatic rings. The van der Waals surface area contributed by atoms with Crippen LogP contribution in [0.15, 0.2) is 12.4 Å². The zero-order chi connectivity index (χ0) is 7.40. The molecule has 0 saturated heterocycles. The maximum atomic E-state index is 4.09. The second kappa shape index (κ2) is 3.40. The van der Waals surface area contributed by atoms with Crippen LogP contribution in [-0.2, 0) is 13.5 Å². The fourth-order valence-electron chi connectivity index (χ4n) is 0.982. The summed E-state index contributed by atoms with van der Waals surface area (Å²) >= 11 is 0. The number of hydrogen-bond acceptors (Lipinski definition) is 1. The number of hydrogen-bond donors (Lipinski definition) is 0. The second-order valence-electron chi connectivity index (χ2n) is 2.63. The molecule has 10 heavy (non-hydrogen) atoms. The second-order valence-corrected chi connectivity index (χ2v) is 2.63. The first kappa shape index (κ1) is 7.32. The Balaban J connectivity index is 2.42. The fourth-order valence-corrected chi connectivity index (χ4v) is 0.982. The number of aryl methyl sites for hydroxylation is 2. The van der Waals surface area contributed by atoms with Crippen molar-refractivity contribution in [2.75, 3.05) is 0 Å². The third kappa shape index (κ3) is 1.87. The van der Waals surface area contributed by atoms with Gasteiger partial charge < -0.3 is 0 Å². The van der Waals surface area contributed by atoms with E-state index in [0.717, 1.165) is 0 Å². The Hall–Kier alpha value is -0.790. The lowest BCUT2D eigenvalue weighted by Gasteiger charge is -1.90. The number of nitrogens with zero attached hydrogens (tertiary/aromatic N) is 2. The highest BCUT2D eigenvalue weighted by atomic mass is 15.2. The van der Waals surface area contributed by atoms with E-state index in [4.69, 9.17) is 0 Å². The minimum atomic E-state index is 1.17. The molecule has 56 valence electrons. The van der Waals surface area contributed by atoms with Crippen LogP contribution in [-0.4, -0.2) is 9.78 Å². The molecule has 0 fully saturated rings. The van der Waals surface area contributed by atoms with Crippen molar-refractivity contribution in [3.05, 3.63) is 18.0 Å². The monoisotopic (exact) mass is 138 g/mol. The van der Waals surface area contributed by atoms with Gasteiger partial charge in [-0.1, -0.05) is 13.3 Å². The van der Waals surface area contributed by atoms with Crippen molar-refractivity contribution in [3.63, 3.8) is 0 Å². The molecule has 0 saturated carbocycles. The van der Waals surface area contributed by atoms with Gasteiger partial charge in [-0.2, -0.15) is 5.10 Å². The summed E-state index contributed by atoms with van der Waals surface area (Å²) in [7, 11) is 1.95. The zero-order valence-corrected chi connectivity index (χ0v) is 6.67. The molecule has 0 amide bonds. The summed E-state index contributed by atoms with van der Waals surface area (Å²) in [6.07, 6.45) is 7.72. The zero-order valence-electron chi connectivity index (χ0n) is 6.67. The highest BCUT2D eigenvalue weighted by molar-refractivity contribution is 5.03. The predicted octanol–water partition coefficient (Wildman–Crippen LogP) is 1.76. The average molecular weight is 138 g/mol. The molecule has 1 aromatic heterocycles. The van der Waals surface area contributed by atoms with E-state index in [1.165, 1.54) is 24.8 Å².